The van der Waals surface area contributed by atoms with Crippen LogP contribution < -0.4 is 19.7 Å². The van der Waals surface area contributed by atoms with Crippen LogP contribution in [0.3, 0.4) is 0 Å². The van der Waals surface area contributed by atoms with Crippen LogP contribution in [-0.2, 0) is 29.1 Å². The molecule has 0 saturated heterocycles. The van der Waals surface area contributed by atoms with Crippen LogP contribution in [0.4, 0.5) is 0 Å². The summed E-state index contributed by atoms with van der Waals surface area (Å²) in [5.41, 5.74) is -0.252. The molecular weight excluding hydrogens is 506 g/mol. The number of carboxylic acid groups (broad SMARTS) is 2. The molecule has 4 rings (SSSR count). The van der Waals surface area contributed by atoms with Crippen LogP contribution in [0.1, 0.15) is 34.6 Å². The van der Waals surface area contributed by atoms with Crippen molar-refractivity contribution >= 4 is 45.4 Å². The molecule has 0 N–H and O–H groups in total. The Bertz CT molecular complexity index is 1320. The van der Waals surface area contributed by atoms with E-state index in [1.54, 1.807) is 36.4 Å². The molecule has 0 aromatic heterocycles. The molecule has 8 nitrogen and oxygen atoms in total. The summed E-state index contributed by atoms with van der Waals surface area (Å²) in [4.78, 5) is 43.7. The number of carboxylic acids is 2. The first-order valence-electron chi connectivity index (χ1n) is 10.0. The van der Waals surface area contributed by atoms with E-state index in [1.165, 1.54) is 38.1 Å². The van der Waals surface area contributed by atoms with Crippen molar-refractivity contribution in [2.45, 2.75) is 13.8 Å². The molecule has 0 amide bonds. The topological polar surface area (TPSA) is 133 Å². The Balaban J connectivity index is 0.000000240. The smallest absolute Gasteiger partial charge is 0.545 e. The Morgan fingerprint density at radius 3 is 1.11 bits per heavy atom. The van der Waals surface area contributed by atoms with Crippen molar-refractivity contribution in [3.8, 4) is 11.5 Å². The van der Waals surface area contributed by atoms with Crippen molar-refractivity contribution < 1.29 is 58.3 Å². The van der Waals surface area contributed by atoms with Gasteiger partial charge in [0.1, 0.15) is 11.5 Å². The van der Waals surface area contributed by atoms with Gasteiger partial charge in [-0.15, -0.1) is 0 Å². The summed E-state index contributed by atoms with van der Waals surface area (Å²) < 4.78 is 9.71. The molecule has 0 aliphatic rings. The van der Waals surface area contributed by atoms with Gasteiger partial charge in [0.25, 0.3) is 0 Å². The quantitative estimate of drug-likeness (QED) is 0.226. The molecule has 0 atom stereocenters. The second-order valence-corrected chi connectivity index (χ2v) is 7.15. The third-order valence-electron chi connectivity index (χ3n) is 4.64. The first kappa shape index (κ1) is 27.2. The van der Waals surface area contributed by atoms with E-state index in [1.807, 2.05) is 12.1 Å². The summed E-state index contributed by atoms with van der Waals surface area (Å²) in [6, 6.07) is 20.3. The van der Waals surface area contributed by atoms with Crippen LogP contribution >= 0.6 is 0 Å². The monoisotopic (exact) mass is 522 g/mol. The minimum absolute atomic E-state index is 0. The molecule has 0 heterocycles. The van der Waals surface area contributed by atoms with Crippen molar-refractivity contribution in [1.29, 1.82) is 0 Å². The van der Waals surface area contributed by atoms with E-state index in [0.29, 0.717) is 0 Å². The normalized spacial score (nSPS) is 9.89. The van der Waals surface area contributed by atoms with E-state index in [2.05, 4.69) is 0 Å². The predicted octanol–water partition coefficient (Wildman–Crippen LogP) is 2.25. The third kappa shape index (κ3) is 6.94. The molecule has 4 aromatic rings. The zero-order chi connectivity index (χ0) is 24.8. The van der Waals surface area contributed by atoms with Crippen LogP contribution in [0.15, 0.2) is 72.8 Å². The standard InChI is InChI=1S/2C13H10O4.Zn/c2*1-8(14)17-12-7-10-5-3-2-4-9(10)6-11(12)13(15)16;/h2*2-7H,1H3,(H,15,16);/q;;+2/p-2. The van der Waals surface area contributed by atoms with E-state index < -0.39 is 23.9 Å². The number of ether oxygens (including phenoxy) is 2. The fraction of sp³-hybridized carbons (Fsp3) is 0.0769. The number of fused-ring (bicyclic) bond motifs is 2. The van der Waals surface area contributed by atoms with Gasteiger partial charge in [-0.1, -0.05) is 48.5 Å². The average Bonchev–Trinajstić information content (AvgIpc) is 2.77. The van der Waals surface area contributed by atoms with Crippen LogP contribution in [-0.4, -0.2) is 23.9 Å². The Kier molecular flexibility index (Phi) is 9.20. The molecule has 172 valence electrons. The summed E-state index contributed by atoms with van der Waals surface area (Å²) in [5.74, 6) is -3.85. The van der Waals surface area contributed by atoms with Crippen LogP contribution in [0.2, 0.25) is 0 Å². The van der Waals surface area contributed by atoms with Gasteiger partial charge < -0.3 is 29.3 Å². The van der Waals surface area contributed by atoms with E-state index in [4.69, 9.17) is 9.47 Å². The minimum atomic E-state index is -1.37. The second kappa shape index (κ2) is 11.9. The molecule has 0 radical (unpaired) electrons. The summed E-state index contributed by atoms with van der Waals surface area (Å²) in [6.45, 7) is 2.43. The molecule has 4 aromatic carbocycles. The number of rotatable bonds is 4. The van der Waals surface area contributed by atoms with Gasteiger partial charge in [0.05, 0.1) is 11.9 Å². The molecule has 0 aliphatic carbocycles. The summed E-state index contributed by atoms with van der Waals surface area (Å²) in [6.07, 6.45) is 0. The Morgan fingerprint density at radius 1 is 0.571 bits per heavy atom. The van der Waals surface area contributed by atoms with Crippen molar-refractivity contribution in [1.82, 2.24) is 0 Å². The summed E-state index contributed by atoms with van der Waals surface area (Å²) in [7, 11) is 0. The number of carbonyl (C=O) groups excluding carboxylic acids is 4. The molecule has 35 heavy (non-hydrogen) atoms. The van der Waals surface area contributed by atoms with Crippen molar-refractivity contribution in [2.24, 2.45) is 0 Å². The number of hydrogen-bond acceptors (Lipinski definition) is 8. The van der Waals surface area contributed by atoms with Crippen LogP contribution in [0, 0.1) is 0 Å². The summed E-state index contributed by atoms with van der Waals surface area (Å²) >= 11 is 0. The largest absolute Gasteiger partial charge is 2.00 e. The SMILES string of the molecule is CC(=O)Oc1cc2ccccc2cc1C(=O)[O-].CC(=O)Oc1cc2ccccc2cc1C(=O)[O-].[Zn+2]. The number of aromatic carboxylic acids is 2. The maximum Gasteiger partial charge on any atom is 2.00 e. The van der Waals surface area contributed by atoms with Gasteiger partial charge in [0, 0.05) is 25.0 Å². The van der Waals surface area contributed by atoms with Crippen molar-refractivity contribution in [3.63, 3.8) is 0 Å². The number of hydrogen-bond donors (Lipinski definition) is 0. The first-order valence-corrected chi connectivity index (χ1v) is 10.0. The van der Waals surface area contributed by atoms with E-state index in [0.717, 1.165) is 21.5 Å². The second-order valence-electron chi connectivity index (χ2n) is 7.15. The molecule has 0 bridgehead atoms. The van der Waals surface area contributed by atoms with Gasteiger partial charge in [-0.05, 0) is 45.8 Å². The predicted molar refractivity (Wildman–Crippen MR) is 119 cm³/mol. The molecule has 0 spiro atoms. The average molecular weight is 524 g/mol. The van der Waals surface area contributed by atoms with E-state index in [9.17, 15) is 29.4 Å². The van der Waals surface area contributed by atoms with Crippen molar-refractivity contribution in [2.75, 3.05) is 0 Å². The third-order valence-corrected chi connectivity index (χ3v) is 4.64. The van der Waals surface area contributed by atoms with E-state index >= 15 is 0 Å². The molecule has 9 heteroatoms. The van der Waals surface area contributed by atoms with Gasteiger partial charge in [0.15, 0.2) is 0 Å². The van der Waals surface area contributed by atoms with Crippen LogP contribution in [0.25, 0.3) is 21.5 Å². The number of benzene rings is 4. The molecule has 0 saturated carbocycles. The Morgan fingerprint density at radius 2 is 0.857 bits per heavy atom. The molecule has 0 unspecified atom stereocenters. The summed E-state index contributed by atoms with van der Waals surface area (Å²) in [5, 5.41) is 25.0. The maximum absolute atomic E-state index is 10.9. The minimum Gasteiger partial charge on any atom is -0.545 e. The van der Waals surface area contributed by atoms with Gasteiger partial charge in [-0.2, -0.15) is 0 Å². The Hall–Kier alpha value is -4.10. The van der Waals surface area contributed by atoms with Crippen LogP contribution in [0.5, 0.6) is 11.5 Å². The molecule has 0 aliphatic heterocycles. The maximum atomic E-state index is 10.9. The fourth-order valence-corrected chi connectivity index (χ4v) is 3.24. The molecular formula is C26H18O8Zn. The van der Waals surface area contributed by atoms with E-state index in [-0.39, 0.29) is 42.1 Å². The zero-order valence-electron chi connectivity index (χ0n) is 18.9. The van der Waals surface area contributed by atoms with Crippen molar-refractivity contribution in [3.05, 3.63) is 83.9 Å². The molecule has 0 fully saturated rings. The Labute approximate surface area is 212 Å². The first-order chi connectivity index (χ1) is 16.2. The number of carbonyl (C=O) groups is 4. The van der Waals surface area contributed by atoms with Gasteiger partial charge in [-0.25, -0.2) is 0 Å². The number of esters is 2. The van der Waals surface area contributed by atoms with Gasteiger partial charge in [0.2, 0.25) is 0 Å². The fourth-order valence-electron chi connectivity index (χ4n) is 3.24. The zero-order valence-corrected chi connectivity index (χ0v) is 21.9. The van der Waals surface area contributed by atoms with Gasteiger partial charge in [-0.3, -0.25) is 9.59 Å². The van der Waals surface area contributed by atoms with Gasteiger partial charge >= 0.3 is 31.4 Å².